The third kappa shape index (κ3) is 6.66. The topological polar surface area (TPSA) is 112 Å². The van der Waals surface area contributed by atoms with E-state index in [0.717, 1.165) is 16.7 Å². The highest BCUT2D eigenvalue weighted by molar-refractivity contribution is 7.89. The summed E-state index contributed by atoms with van der Waals surface area (Å²) in [5, 5.41) is 0. The van der Waals surface area contributed by atoms with Crippen LogP contribution in [0, 0.1) is 0 Å². The first-order valence-corrected chi connectivity index (χ1v) is 19.3. The van der Waals surface area contributed by atoms with Crippen LogP contribution in [0.15, 0.2) is 87.5 Å². The molecule has 0 bridgehead atoms. The van der Waals surface area contributed by atoms with Crippen molar-refractivity contribution in [3.05, 3.63) is 89.5 Å². The maximum atomic E-state index is 13.2. The number of rotatable bonds is 15. The second-order valence-corrected chi connectivity index (χ2v) is 16.3. The molecule has 9 nitrogen and oxygen atoms in total. The zero-order valence-electron chi connectivity index (χ0n) is 26.7. The van der Waals surface area contributed by atoms with Crippen LogP contribution in [-0.2, 0) is 35.5 Å². The van der Waals surface area contributed by atoms with Crippen LogP contribution in [-0.4, -0.2) is 77.4 Å². The van der Waals surface area contributed by atoms with E-state index in [4.69, 9.17) is 0 Å². The molecule has 0 aliphatic carbocycles. The summed E-state index contributed by atoms with van der Waals surface area (Å²) in [6.07, 6.45) is 0. The van der Waals surface area contributed by atoms with E-state index in [1.165, 1.54) is 12.9 Å². The van der Waals surface area contributed by atoms with Gasteiger partial charge in [-0.1, -0.05) is 77.9 Å². The van der Waals surface area contributed by atoms with Crippen LogP contribution in [0.3, 0.4) is 0 Å². The summed E-state index contributed by atoms with van der Waals surface area (Å²) in [4.78, 5) is 0.524. The number of benzene rings is 3. The lowest BCUT2D eigenvalue weighted by Crippen LogP contribution is -2.31. The number of sulfonamides is 3. The summed E-state index contributed by atoms with van der Waals surface area (Å²) >= 11 is 0. The minimum atomic E-state index is -3.67. The summed E-state index contributed by atoms with van der Waals surface area (Å²) in [6.45, 7) is 14.8. The largest absolute Gasteiger partial charge is 0.243 e. The monoisotopic (exact) mass is 663 g/mol. The van der Waals surface area contributed by atoms with Gasteiger partial charge in [-0.3, -0.25) is 0 Å². The standard InChI is InChI=1S/C32H45N3O6S3/c1-8-33(9-2)42(36,37)29-20-14-26(15-21-29)32(7,27-16-22-30(23-17-27)43(38,39)34(10-3)11-4)28-18-24-31(25-19-28)44(40,41)35(12-5)13-6/h14-25H,8-13H2,1-7H3. The van der Waals surface area contributed by atoms with E-state index >= 15 is 0 Å². The fraction of sp³-hybridized carbons (Fsp3) is 0.438. The molecule has 0 unspecified atom stereocenters. The Balaban J connectivity index is 2.21. The van der Waals surface area contributed by atoms with E-state index in [2.05, 4.69) is 0 Å². The van der Waals surface area contributed by atoms with Gasteiger partial charge in [0.15, 0.2) is 0 Å². The maximum absolute atomic E-state index is 13.2. The average molecular weight is 664 g/mol. The normalized spacial score (nSPS) is 13.2. The van der Waals surface area contributed by atoms with E-state index < -0.39 is 35.5 Å². The summed E-state index contributed by atoms with van der Waals surface area (Å²) < 4.78 is 83.2. The van der Waals surface area contributed by atoms with Crippen molar-refractivity contribution in [1.82, 2.24) is 12.9 Å². The van der Waals surface area contributed by atoms with Crippen molar-refractivity contribution >= 4 is 30.1 Å². The van der Waals surface area contributed by atoms with E-state index in [1.54, 1.807) is 114 Å². The molecular formula is C32H45N3O6S3. The van der Waals surface area contributed by atoms with Crippen LogP contribution < -0.4 is 0 Å². The van der Waals surface area contributed by atoms with Crippen LogP contribution in [0.2, 0.25) is 0 Å². The third-order valence-electron chi connectivity index (χ3n) is 8.32. The molecule has 0 spiro atoms. The van der Waals surface area contributed by atoms with Crippen molar-refractivity contribution in [3.63, 3.8) is 0 Å². The second-order valence-electron chi connectivity index (χ2n) is 10.5. The van der Waals surface area contributed by atoms with Crippen molar-refractivity contribution in [3.8, 4) is 0 Å². The number of nitrogens with zero attached hydrogens (tertiary/aromatic N) is 3. The molecule has 0 saturated carbocycles. The van der Waals surface area contributed by atoms with Gasteiger partial charge in [-0.15, -0.1) is 0 Å². The molecule has 0 heterocycles. The van der Waals surface area contributed by atoms with Crippen molar-refractivity contribution in [2.24, 2.45) is 0 Å². The molecule has 0 radical (unpaired) electrons. The summed E-state index contributed by atoms with van der Waals surface area (Å²) in [5.41, 5.74) is 1.39. The van der Waals surface area contributed by atoms with Gasteiger partial charge in [0, 0.05) is 44.7 Å². The molecular weight excluding hydrogens is 619 g/mol. The Labute approximate surface area is 264 Å². The van der Waals surface area contributed by atoms with Gasteiger partial charge in [0.2, 0.25) is 30.1 Å². The maximum Gasteiger partial charge on any atom is 0.243 e. The molecule has 0 amide bonds. The van der Waals surface area contributed by atoms with Crippen molar-refractivity contribution in [2.45, 2.75) is 68.6 Å². The zero-order valence-corrected chi connectivity index (χ0v) is 29.1. The minimum Gasteiger partial charge on any atom is -0.207 e. The first-order valence-electron chi connectivity index (χ1n) is 15.0. The molecule has 0 aliphatic heterocycles. The molecule has 0 aliphatic rings. The van der Waals surface area contributed by atoms with Crippen molar-refractivity contribution in [2.75, 3.05) is 39.3 Å². The molecule has 3 aromatic rings. The van der Waals surface area contributed by atoms with Crippen molar-refractivity contribution in [1.29, 1.82) is 0 Å². The number of hydrogen-bond donors (Lipinski definition) is 0. The second kappa shape index (κ2) is 14.2. The smallest absolute Gasteiger partial charge is 0.207 e. The van der Waals surface area contributed by atoms with Gasteiger partial charge >= 0.3 is 0 Å². The molecule has 3 rings (SSSR count). The van der Waals surface area contributed by atoms with Crippen LogP contribution >= 0.6 is 0 Å². The van der Waals surface area contributed by atoms with Crippen LogP contribution in [0.4, 0.5) is 0 Å². The lowest BCUT2D eigenvalue weighted by molar-refractivity contribution is 0.444. The molecule has 3 aromatic carbocycles. The van der Waals surface area contributed by atoms with Gasteiger partial charge in [0.05, 0.1) is 14.7 Å². The average Bonchev–Trinajstić information content (AvgIpc) is 3.02. The van der Waals surface area contributed by atoms with E-state index in [0.29, 0.717) is 39.3 Å². The van der Waals surface area contributed by atoms with Gasteiger partial charge < -0.3 is 0 Å². The quantitative estimate of drug-likeness (QED) is 0.209. The van der Waals surface area contributed by atoms with Gasteiger partial charge in [-0.2, -0.15) is 12.9 Å². The van der Waals surface area contributed by atoms with Crippen LogP contribution in [0.1, 0.15) is 65.2 Å². The Bertz CT molecular complexity index is 1500. The highest BCUT2D eigenvalue weighted by Crippen LogP contribution is 2.40. The van der Waals surface area contributed by atoms with Gasteiger partial charge in [-0.25, -0.2) is 25.3 Å². The first kappa shape index (κ1) is 35.9. The fourth-order valence-corrected chi connectivity index (χ4v) is 9.89. The van der Waals surface area contributed by atoms with Gasteiger partial charge in [-0.05, 0) is 60.0 Å². The fourth-order valence-electron chi connectivity index (χ4n) is 5.52. The van der Waals surface area contributed by atoms with Crippen LogP contribution in [0.5, 0.6) is 0 Å². The molecule has 0 aromatic heterocycles. The van der Waals surface area contributed by atoms with Gasteiger partial charge in [0.1, 0.15) is 0 Å². The molecule has 0 N–H and O–H groups in total. The Kier molecular flexibility index (Phi) is 11.6. The van der Waals surface area contributed by atoms with E-state index in [-0.39, 0.29) is 14.7 Å². The Morgan fingerprint density at radius 3 is 0.750 bits per heavy atom. The molecule has 242 valence electrons. The predicted molar refractivity (Wildman–Crippen MR) is 175 cm³/mol. The number of hydrogen-bond acceptors (Lipinski definition) is 6. The predicted octanol–water partition coefficient (Wildman–Crippen LogP) is 5.13. The Hall–Kier alpha value is -2.61. The minimum absolute atomic E-state index is 0.175. The zero-order chi connectivity index (χ0) is 32.9. The van der Waals surface area contributed by atoms with Crippen LogP contribution in [0.25, 0.3) is 0 Å². The summed E-state index contributed by atoms with van der Waals surface area (Å²) in [5.74, 6) is 0. The molecule has 12 heteroatoms. The molecule has 44 heavy (non-hydrogen) atoms. The third-order valence-corrected chi connectivity index (χ3v) is 14.5. The highest BCUT2D eigenvalue weighted by atomic mass is 32.2. The van der Waals surface area contributed by atoms with Crippen molar-refractivity contribution < 1.29 is 25.3 Å². The Morgan fingerprint density at radius 1 is 0.409 bits per heavy atom. The molecule has 0 saturated heterocycles. The highest BCUT2D eigenvalue weighted by Gasteiger charge is 2.34. The molecule has 0 fully saturated rings. The lowest BCUT2D eigenvalue weighted by atomic mass is 9.71. The summed E-state index contributed by atoms with van der Waals surface area (Å²) in [7, 11) is -11.0. The summed E-state index contributed by atoms with van der Waals surface area (Å²) in [6, 6.07) is 20.1. The lowest BCUT2D eigenvalue weighted by Gasteiger charge is -2.33. The SMILES string of the molecule is CCN(CC)S(=O)(=O)c1ccc(C(C)(c2ccc(S(=O)(=O)N(CC)CC)cc2)c2ccc(S(=O)(=O)N(CC)CC)cc2)cc1. The Morgan fingerprint density at radius 2 is 0.591 bits per heavy atom. The first-order chi connectivity index (χ1) is 20.7. The van der Waals surface area contributed by atoms with E-state index in [1.807, 2.05) is 6.92 Å². The molecule has 0 atom stereocenters. The van der Waals surface area contributed by atoms with E-state index in [9.17, 15) is 25.3 Å². The van der Waals surface area contributed by atoms with Gasteiger partial charge in [0.25, 0.3) is 0 Å².